The van der Waals surface area contributed by atoms with E-state index in [9.17, 15) is 4.79 Å². The van der Waals surface area contributed by atoms with Gasteiger partial charge < -0.3 is 14.8 Å². The predicted octanol–water partition coefficient (Wildman–Crippen LogP) is 2.39. The molecule has 0 fully saturated rings. The highest BCUT2D eigenvalue weighted by Gasteiger charge is 2.08. The summed E-state index contributed by atoms with van der Waals surface area (Å²) < 4.78 is 1.79. The van der Waals surface area contributed by atoms with E-state index in [1.165, 1.54) is 11.8 Å². The molecule has 0 spiro atoms. The Labute approximate surface area is 134 Å². The molecule has 1 aromatic heterocycles. The van der Waals surface area contributed by atoms with E-state index in [1.54, 1.807) is 10.9 Å². The number of rotatable bonds is 7. The highest BCUT2D eigenvalue weighted by atomic mass is 32.2. The third-order valence-corrected chi connectivity index (χ3v) is 4.32. The van der Waals surface area contributed by atoms with E-state index >= 15 is 0 Å². The summed E-state index contributed by atoms with van der Waals surface area (Å²) in [6, 6.07) is 7.91. The van der Waals surface area contributed by atoms with Crippen molar-refractivity contribution in [3.8, 4) is 0 Å². The van der Waals surface area contributed by atoms with Gasteiger partial charge in [-0.25, -0.2) is 0 Å². The second-order valence-electron chi connectivity index (χ2n) is 4.78. The van der Waals surface area contributed by atoms with Gasteiger partial charge in [-0.3, -0.25) is 4.79 Å². The molecule has 1 aromatic carbocycles. The molecule has 118 valence electrons. The number of hydrogen-bond acceptors (Lipinski definition) is 5. The molecule has 0 radical (unpaired) electrons. The lowest BCUT2D eigenvalue weighted by Gasteiger charge is -2.21. The van der Waals surface area contributed by atoms with Crippen LogP contribution in [-0.4, -0.2) is 39.5 Å². The Hall–Kier alpha value is -2.02. The number of anilines is 2. The number of carbonyl (C=O) groups excluding carboxylic acids is 1. The molecule has 6 nitrogen and oxygen atoms in total. The first-order valence-electron chi connectivity index (χ1n) is 7.25. The van der Waals surface area contributed by atoms with Crippen LogP contribution in [0, 0.1) is 0 Å². The smallest absolute Gasteiger partial charge is 0.234 e. The van der Waals surface area contributed by atoms with Crippen molar-refractivity contribution in [3.05, 3.63) is 30.6 Å². The monoisotopic (exact) mass is 319 g/mol. The molecular weight excluding hydrogens is 298 g/mol. The summed E-state index contributed by atoms with van der Waals surface area (Å²) in [5, 5.41) is 11.3. The Balaban J connectivity index is 1.87. The van der Waals surface area contributed by atoms with Crippen molar-refractivity contribution in [3.63, 3.8) is 0 Å². The van der Waals surface area contributed by atoms with Crippen LogP contribution in [0.25, 0.3) is 0 Å². The van der Waals surface area contributed by atoms with Gasteiger partial charge in [-0.1, -0.05) is 11.8 Å². The largest absolute Gasteiger partial charge is 0.372 e. The number of amides is 1. The standard InChI is InChI=1S/C15H21N5OS/c1-4-20(5-2)13-8-6-12(7-9-13)17-14(21)10-22-15-18-16-11-19(15)3/h6-9,11H,4-5,10H2,1-3H3,(H,17,21). The summed E-state index contributed by atoms with van der Waals surface area (Å²) >= 11 is 1.37. The van der Waals surface area contributed by atoms with Gasteiger partial charge in [0, 0.05) is 31.5 Å². The molecular formula is C15H21N5OS. The minimum absolute atomic E-state index is 0.0522. The van der Waals surface area contributed by atoms with E-state index in [0.717, 1.165) is 29.6 Å². The minimum atomic E-state index is -0.0522. The molecule has 0 aliphatic carbocycles. The molecule has 2 rings (SSSR count). The average Bonchev–Trinajstić information content (AvgIpc) is 2.93. The molecule has 1 heterocycles. The summed E-state index contributed by atoms with van der Waals surface area (Å²) in [5.74, 6) is 0.258. The lowest BCUT2D eigenvalue weighted by atomic mass is 10.2. The van der Waals surface area contributed by atoms with Crippen LogP contribution < -0.4 is 10.2 Å². The number of hydrogen-bond donors (Lipinski definition) is 1. The first kappa shape index (κ1) is 16.4. The molecule has 0 aliphatic rings. The van der Waals surface area contributed by atoms with Crippen LogP contribution in [0.2, 0.25) is 0 Å². The zero-order valence-corrected chi connectivity index (χ0v) is 13.9. The van der Waals surface area contributed by atoms with E-state index < -0.39 is 0 Å². The molecule has 0 atom stereocenters. The van der Waals surface area contributed by atoms with E-state index in [4.69, 9.17) is 0 Å². The summed E-state index contributed by atoms with van der Waals surface area (Å²) in [4.78, 5) is 14.2. The Kier molecular flexibility index (Phi) is 5.83. The van der Waals surface area contributed by atoms with Crippen LogP contribution in [0.1, 0.15) is 13.8 Å². The normalized spacial score (nSPS) is 10.5. The Morgan fingerprint density at radius 3 is 2.50 bits per heavy atom. The Morgan fingerprint density at radius 1 is 1.27 bits per heavy atom. The van der Waals surface area contributed by atoms with Gasteiger partial charge in [-0.15, -0.1) is 10.2 Å². The first-order valence-corrected chi connectivity index (χ1v) is 8.24. The van der Waals surface area contributed by atoms with E-state index in [1.807, 2.05) is 31.3 Å². The topological polar surface area (TPSA) is 63.1 Å². The maximum absolute atomic E-state index is 12.0. The highest BCUT2D eigenvalue weighted by molar-refractivity contribution is 7.99. The van der Waals surface area contributed by atoms with Gasteiger partial charge in [0.25, 0.3) is 0 Å². The zero-order valence-electron chi connectivity index (χ0n) is 13.1. The summed E-state index contributed by atoms with van der Waals surface area (Å²) in [6.45, 7) is 6.19. The molecule has 0 saturated carbocycles. The second-order valence-corrected chi connectivity index (χ2v) is 5.72. The van der Waals surface area contributed by atoms with Crippen LogP contribution in [0.5, 0.6) is 0 Å². The van der Waals surface area contributed by atoms with Gasteiger partial charge in [-0.05, 0) is 38.1 Å². The number of aromatic nitrogens is 3. The van der Waals surface area contributed by atoms with Crippen LogP contribution in [0.4, 0.5) is 11.4 Å². The summed E-state index contributed by atoms with van der Waals surface area (Å²) in [5.41, 5.74) is 1.97. The molecule has 0 aliphatic heterocycles. The third kappa shape index (κ3) is 4.24. The summed E-state index contributed by atoms with van der Waals surface area (Å²) in [6.07, 6.45) is 1.62. The molecule has 7 heteroatoms. The number of benzene rings is 1. The fraction of sp³-hybridized carbons (Fsp3) is 0.400. The van der Waals surface area contributed by atoms with Gasteiger partial charge in [0.2, 0.25) is 5.91 Å². The van der Waals surface area contributed by atoms with Crippen molar-refractivity contribution in [1.82, 2.24) is 14.8 Å². The number of carbonyl (C=O) groups is 1. The molecule has 0 bridgehead atoms. The van der Waals surface area contributed by atoms with Gasteiger partial charge in [0.1, 0.15) is 6.33 Å². The minimum Gasteiger partial charge on any atom is -0.372 e. The quantitative estimate of drug-likeness (QED) is 0.794. The lowest BCUT2D eigenvalue weighted by molar-refractivity contribution is -0.113. The number of nitrogens with zero attached hydrogens (tertiary/aromatic N) is 4. The zero-order chi connectivity index (χ0) is 15.9. The Morgan fingerprint density at radius 2 is 1.95 bits per heavy atom. The second kappa shape index (κ2) is 7.84. The third-order valence-electron chi connectivity index (χ3n) is 3.28. The molecule has 2 aromatic rings. The predicted molar refractivity (Wildman–Crippen MR) is 90.4 cm³/mol. The van der Waals surface area contributed by atoms with Crippen LogP contribution >= 0.6 is 11.8 Å². The number of aryl methyl sites for hydroxylation is 1. The summed E-state index contributed by atoms with van der Waals surface area (Å²) in [7, 11) is 1.85. The number of nitrogens with one attached hydrogen (secondary N) is 1. The molecule has 22 heavy (non-hydrogen) atoms. The van der Waals surface area contributed by atoms with Crippen molar-refractivity contribution in [2.75, 3.05) is 29.1 Å². The maximum Gasteiger partial charge on any atom is 0.234 e. The molecule has 1 N–H and O–H groups in total. The number of thioether (sulfide) groups is 1. The van der Waals surface area contributed by atoms with Crippen LogP contribution in [0.15, 0.2) is 35.7 Å². The van der Waals surface area contributed by atoms with Crippen molar-refractivity contribution in [1.29, 1.82) is 0 Å². The van der Waals surface area contributed by atoms with E-state index in [-0.39, 0.29) is 5.91 Å². The fourth-order valence-corrected chi connectivity index (χ4v) is 2.76. The van der Waals surface area contributed by atoms with Crippen LogP contribution in [0.3, 0.4) is 0 Å². The highest BCUT2D eigenvalue weighted by Crippen LogP contribution is 2.18. The van der Waals surface area contributed by atoms with Crippen LogP contribution in [-0.2, 0) is 11.8 Å². The van der Waals surface area contributed by atoms with Gasteiger partial charge >= 0.3 is 0 Å². The SMILES string of the molecule is CCN(CC)c1ccc(NC(=O)CSc2nncn2C)cc1. The maximum atomic E-state index is 12.0. The van der Waals surface area contributed by atoms with Crippen molar-refractivity contribution >= 4 is 29.0 Å². The molecule has 1 amide bonds. The first-order chi connectivity index (χ1) is 10.6. The van der Waals surface area contributed by atoms with Crippen molar-refractivity contribution in [2.45, 2.75) is 19.0 Å². The lowest BCUT2D eigenvalue weighted by Crippen LogP contribution is -2.21. The molecule has 0 saturated heterocycles. The molecule has 0 unspecified atom stereocenters. The van der Waals surface area contributed by atoms with Gasteiger partial charge in [0.05, 0.1) is 5.75 Å². The van der Waals surface area contributed by atoms with Gasteiger partial charge in [0.15, 0.2) is 5.16 Å². The van der Waals surface area contributed by atoms with Gasteiger partial charge in [-0.2, -0.15) is 0 Å². The van der Waals surface area contributed by atoms with E-state index in [2.05, 4.69) is 34.3 Å². The van der Waals surface area contributed by atoms with Crippen molar-refractivity contribution < 1.29 is 4.79 Å². The van der Waals surface area contributed by atoms with E-state index in [0.29, 0.717) is 5.75 Å². The average molecular weight is 319 g/mol. The van der Waals surface area contributed by atoms with Crippen molar-refractivity contribution in [2.24, 2.45) is 7.05 Å². The Bertz CT molecular complexity index is 607. The fourth-order valence-electron chi connectivity index (χ4n) is 2.07.